The Bertz CT molecular complexity index is 853. The number of carbonyl (C=O) groups is 1. The molecule has 28 heavy (non-hydrogen) atoms. The summed E-state index contributed by atoms with van der Waals surface area (Å²) in [6.07, 6.45) is 9.87. The van der Waals surface area contributed by atoms with Crippen molar-refractivity contribution in [3.63, 3.8) is 0 Å². The Morgan fingerprint density at radius 1 is 1.18 bits per heavy atom. The van der Waals surface area contributed by atoms with Gasteiger partial charge in [-0.05, 0) is 30.4 Å². The summed E-state index contributed by atoms with van der Waals surface area (Å²) in [6, 6.07) is 8.53. The van der Waals surface area contributed by atoms with Crippen LogP contribution in [0.1, 0.15) is 47.7 Å². The first kappa shape index (κ1) is 17.8. The van der Waals surface area contributed by atoms with E-state index in [1.165, 1.54) is 31.9 Å². The maximum absolute atomic E-state index is 13.2. The molecule has 0 spiro atoms. The fourth-order valence-corrected chi connectivity index (χ4v) is 5.47. The molecule has 2 aliphatic heterocycles. The van der Waals surface area contributed by atoms with E-state index < -0.39 is 0 Å². The van der Waals surface area contributed by atoms with Gasteiger partial charge in [-0.2, -0.15) is 0 Å². The first-order valence-electron chi connectivity index (χ1n) is 10.3. The third kappa shape index (κ3) is 2.83. The molecule has 3 heterocycles. The van der Waals surface area contributed by atoms with Crippen molar-refractivity contribution in [2.45, 2.75) is 43.7 Å². The number of aliphatic hydroxyl groups is 1. The van der Waals surface area contributed by atoms with Gasteiger partial charge in [-0.15, -0.1) is 0 Å². The summed E-state index contributed by atoms with van der Waals surface area (Å²) in [5.41, 5.74) is 2.48. The molecular formula is C22H26N4O2. The Hall–Kier alpha value is -2.31. The smallest absolute Gasteiger partial charge is 0.278 e. The molecular weight excluding hydrogens is 352 g/mol. The Kier molecular flexibility index (Phi) is 4.61. The number of likely N-dealkylation sites (tertiary alicyclic amines) is 1. The zero-order chi connectivity index (χ0) is 19.1. The molecule has 1 N–H and O–H groups in total. The predicted octanol–water partition coefficient (Wildman–Crippen LogP) is 2.46. The summed E-state index contributed by atoms with van der Waals surface area (Å²) >= 11 is 0. The van der Waals surface area contributed by atoms with Crippen molar-refractivity contribution in [3.05, 3.63) is 54.1 Å². The van der Waals surface area contributed by atoms with E-state index in [4.69, 9.17) is 0 Å². The Balaban J connectivity index is 1.47. The molecule has 1 saturated carbocycles. The number of nitrogens with zero attached hydrogens (tertiary/aromatic N) is 4. The lowest BCUT2D eigenvalue weighted by molar-refractivity contribution is -0.0513. The van der Waals surface area contributed by atoms with Crippen LogP contribution in [0, 0.1) is 5.92 Å². The molecule has 6 heteroatoms. The number of aliphatic hydroxyl groups excluding tert-OH is 1. The van der Waals surface area contributed by atoms with Crippen LogP contribution in [-0.4, -0.2) is 57.7 Å². The molecule has 1 saturated heterocycles. The lowest BCUT2D eigenvalue weighted by Crippen LogP contribution is -2.69. The van der Waals surface area contributed by atoms with E-state index in [0.29, 0.717) is 12.2 Å². The monoisotopic (exact) mass is 378 g/mol. The predicted molar refractivity (Wildman–Crippen MR) is 106 cm³/mol. The van der Waals surface area contributed by atoms with Crippen LogP contribution >= 0.6 is 0 Å². The summed E-state index contributed by atoms with van der Waals surface area (Å²) in [5.74, 6) is 0.900. The summed E-state index contributed by atoms with van der Waals surface area (Å²) < 4.78 is 0. The van der Waals surface area contributed by atoms with Gasteiger partial charge < -0.3 is 10.0 Å². The number of rotatable bonds is 4. The highest BCUT2D eigenvalue weighted by Crippen LogP contribution is 2.49. The number of carbonyl (C=O) groups excluding carboxylic acids is 1. The van der Waals surface area contributed by atoms with Gasteiger partial charge in [-0.1, -0.05) is 31.0 Å². The molecule has 3 aliphatic rings. The summed E-state index contributed by atoms with van der Waals surface area (Å²) in [4.78, 5) is 25.8. The highest BCUT2D eigenvalue weighted by molar-refractivity contribution is 6.05. The topological polar surface area (TPSA) is 69.6 Å². The van der Waals surface area contributed by atoms with Crippen molar-refractivity contribution < 1.29 is 9.90 Å². The molecule has 1 aromatic heterocycles. The van der Waals surface area contributed by atoms with Crippen molar-refractivity contribution in [3.8, 4) is 0 Å². The normalized spacial score (nSPS) is 27.2. The maximum Gasteiger partial charge on any atom is 0.278 e. The highest BCUT2D eigenvalue weighted by atomic mass is 16.3. The van der Waals surface area contributed by atoms with Gasteiger partial charge in [0, 0.05) is 49.2 Å². The average molecular weight is 378 g/mol. The average Bonchev–Trinajstić information content (AvgIpc) is 3.25. The zero-order valence-electron chi connectivity index (χ0n) is 15.9. The number of benzene rings is 1. The molecule has 2 fully saturated rings. The largest absolute Gasteiger partial charge is 0.395 e. The van der Waals surface area contributed by atoms with Gasteiger partial charge in [0.05, 0.1) is 12.8 Å². The Morgan fingerprint density at radius 2 is 2.00 bits per heavy atom. The van der Waals surface area contributed by atoms with Crippen LogP contribution in [0.3, 0.4) is 0 Å². The molecule has 6 nitrogen and oxygen atoms in total. The number of aromatic nitrogens is 2. The van der Waals surface area contributed by atoms with E-state index in [9.17, 15) is 9.90 Å². The molecule has 0 radical (unpaired) electrons. The summed E-state index contributed by atoms with van der Waals surface area (Å²) in [6.45, 7) is 1.84. The minimum atomic E-state index is -0.104. The third-order valence-electron chi connectivity index (χ3n) is 6.80. The maximum atomic E-state index is 13.2. The number of anilines is 1. The van der Waals surface area contributed by atoms with Gasteiger partial charge in [-0.25, -0.2) is 4.98 Å². The second kappa shape index (κ2) is 7.26. The van der Waals surface area contributed by atoms with Crippen LogP contribution in [-0.2, 0) is 0 Å². The van der Waals surface area contributed by atoms with E-state index in [1.807, 2.05) is 23.1 Å². The van der Waals surface area contributed by atoms with E-state index >= 15 is 0 Å². The minimum absolute atomic E-state index is 0.104. The second-order valence-electron chi connectivity index (χ2n) is 8.26. The fourth-order valence-electron chi connectivity index (χ4n) is 5.47. The number of fused-ring (bicyclic) bond motifs is 3. The Labute approximate surface area is 165 Å². The number of para-hydroxylation sites is 1. The summed E-state index contributed by atoms with van der Waals surface area (Å²) in [5, 5.41) is 10.1. The van der Waals surface area contributed by atoms with Crippen LogP contribution < -0.4 is 4.90 Å². The molecule has 146 valence electrons. The van der Waals surface area contributed by atoms with E-state index in [1.54, 1.807) is 12.4 Å². The van der Waals surface area contributed by atoms with Gasteiger partial charge in [0.25, 0.3) is 5.91 Å². The van der Waals surface area contributed by atoms with Crippen molar-refractivity contribution >= 4 is 11.6 Å². The van der Waals surface area contributed by atoms with Crippen molar-refractivity contribution in [1.29, 1.82) is 0 Å². The van der Waals surface area contributed by atoms with Crippen molar-refractivity contribution in [2.75, 3.05) is 24.6 Å². The van der Waals surface area contributed by atoms with E-state index in [0.717, 1.165) is 23.7 Å². The van der Waals surface area contributed by atoms with Gasteiger partial charge in [0.2, 0.25) is 0 Å². The quantitative estimate of drug-likeness (QED) is 0.885. The SMILES string of the molecule is O=C(c1cnccn1)N1C[C@H]2[C@@H](c3ccccc31)[C@@H](CO)N2CC1CCCC1. The first-order valence-corrected chi connectivity index (χ1v) is 10.3. The van der Waals surface area contributed by atoms with Gasteiger partial charge in [0.15, 0.2) is 0 Å². The molecule has 0 unspecified atom stereocenters. The van der Waals surface area contributed by atoms with Crippen LogP contribution in [0.2, 0.25) is 0 Å². The minimum Gasteiger partial charge on any atom is -0.395 e. The Morgan fingerprint density at radius 3 is 2.75 bits per heavy atom. The molecule has 1 aromatic carbocycles. The molecule has 3 atom stereocenters. The standard InChI is InChI=1S/C22H26N4O2/c27-14-20-21-16-7-3-4-8-18(16)26(22(28)17-11-23-9-10-24-17)13-19(21)25(20)12-15-5-1-2-6-15/h3-4,7-11,15,19-21,27H,1-2,5-6,12-14H2/t19-,20+,21+/m0/s1. The highest BCUT2D eigenvalue weighted by Gasteiger charge is 2.53. The number of hydrogen-bond acceptors (Lipinski definition) is 5. The number of hydrogen-bond donors (Lipinski definition) is 1. The molecule has 5 rings (SSSR count). The fraction of sp³-hybridized carbons (Fsp3) is 0.500. The van der Waals surface area contributed by atoms with Crippen molar-refractivity contribution in [1.82, 2.24) is 14.9 Å². The van der Waals surface area contributed by atoms with Gasteiger partial charge in [-0.3, -0.25) is 14.7 Å². The first-order chi connectivity index (χ1) is 13.8. The van der Waals surface area contributed by atoms with Crippen LogP contribution in [0.4, 0.5) is 5.69 Å². The lowest BCUT2D eigenvalue weighted by atomic mass is 9.71. The van der Waals surface area contributed by atoms with Crippen LogP contribution in [0.15, 0.2) is 42.9 Å². The second-order valence-corrected chi connectivity index (χ2v) is 8.26. The van der Waals surface area contributed by atoms with Gasteiger partial charge >= 0.3 is 0 Å². The van der Waals surface area contributed by atoms with Crippen molar-refractivity contribution in [2.24, 2.45) is 5.92 Å². The van der Waals surface area contributed by atoms with Crippen LogP contribution in [0.25, 0.3) is 0 Å². The van der Waals surface area contributed by atoms with E-state index in [-0.39, 0.29) is 30.5 Å². The number of amides is 1. The molecule has 0 bridgehead atoms. The zero-order valence-corrected chi connectivity index (χ0v) is 15.9. The lowest BCUT2D eigenvalue weighted by Gasteiger charge is -2.59. The third-order valence-corrected chi connectivity index (χ3v) is 6.80. The van der Waals surface area contributed by atoms with Crippen LogP contribution in [0.5, 0.6) is 0 Å². The molecule has 2 aromatic rings. The molecule has 1 amide bonds. The summed E-state index contributed by atoms with van der Waals surface area (Å²) in [7, 11) is 0. The molecule has 1 aliphatic carbocycles. The van der Waals surface area contributed by atoms with Gasteiger partial charge in [0.1, 0.15) is 5.69 Å². The van der Waals surface area contributed by atoms with E-state index in [2.05, 4.69) is 20.9 Å².